The molecule has 150 valence electrons. The molecule has 3 aromatic rings. The maximum Gasteiger partial charge on any atom is 0.298 e. The van der Waals surface area contributed by atoms with Crippen molar-refractivity contribution in [3.8, 4) is 0 Å². The molecule has 0 aliphatic carbocycles. The second-order valence-electron chi connectivity index (χ2n) is 7.02. The van der Waals surface area contributed by atoms with Crippen LogP contribution in [-0.2, 0) is 0 Å². The number of carbonyl (C=O) groups excluding carboxylic acids is 1. The number of hydrogen-bond donors (Lipinski definition) is 1. The van der Waals surface area contributed by atoms with Crippen molar-refractivity contribution < 1.29 is 14.1 Å². The van der Waals surface area contributed by atoms with Crippen molar-refractivity contribution in [2.75, 3.05) is 24.5 Å². The van der Waals surface area contributed by atoms with E-state index in [1.807, 2.05) is 24.3 Å². The molecule has 2 aromatic carbocycles. The lowest BCUT2D eigenvalue weighted by atomic mass is 9.97. The molecule has 2 heterocycles. The molecule has 0 unspecified atom stereocenters. The van der Waals surface area contributed by atoms with Gasteiger partial charge >= 0.3 is 0 Å². The Morgan fingerprint density at radius 2 is 2.03 bits per heavy atom. The molecule has 0 atom stereocenters. The van der Waals surface area contributed by atoms with Crippen LogP contribution in [0.15, 0.2) is 46.9 Å². The number of piperidine rings is 1. The number of aromatic nitrogens is 1. The number of nitro groups is 1. The third-order valence-electron chi connectivity index (χ3n) is 5.12. The van der Waals surface area contributed by atoms with Gasteiger partial charge in [0.05, 0.1) is 4.92 Å². The van der Waals surface area contributed by atoms with Crippen LogP contribution in [0, 0.1) is 16.0 Å². The number of halogens is 1. The van der Waals surface area contributed by atoms with Crippen LogP contribution in [-0.4, -0.2) is 35.4 Å². The second kappa shape index (κ2) is 8.08. The summed E-state index contributed by atoms with van der Waals surface area (Å²) in [6.07, 6.45) is 1.72. The average Bonchev–Trinajstić information content (AvgIpc) is 3.16. The molecule has 4 rings (SSSR count). The lowest BCUT2D eigenvalue weighted by Crippen LogP contribution is -2.39. The Morgan fingerprint density at radius 1 is 1.28 bits per heavy atom. The molecule has 1 saturated heterocycles. The Balaban J connectivity index is 1.34. The van der Waals surface area contributed by atoms with Gasteiger partial charge in [-0.15, -0.1) is 0 Å². The van der Waals surface area contributed by atoms with Gasteiger partial charge in [0.2, 0.25) is 0 Å². The Bertz CT molecular complexity index is 1030. The first-order valence-corrected chi connectivity index (χ1v) is 9.72. The van der Waals surface area contributed by atoms with E-state index in [1.54, 1.807) is 0 Å². The predicted octanol–water partition coefficient (Wildman–Crippen LogP) is 4.04. The number of hydrogen-bond acceptors (Lipinski definition) is 6. The third kappa shape index (κ3) is 4.17. The topological polar surface area (TPSA) is 102 Å². The summed E-state index contributed by atoms with van der Waals surface area (Å²) in [4.78, 5) is 29.6. The number of nitro benzene ring substituents is 1. The van der Waals surface area contributed by atoms with Gasteiger partial charge in [0.1, 0.15) is 11.1 Å². The Labute approximate surface area is 171 Å². The smallest absolute Gasteiger partial charge is 0.298 e. The van der Waals surface area contributed by atoms with Crippen molar-refractivity contribution in [3.63, 3.8) is 0 Å². The average molecular weight is 415 g/mol. The molecule has 1 fully saturated rings. The molecular weight excluding hydrogens is 396 g/mol. The molecular formula is C20H19ClN4O4. The number of nitrogens with one attached hydrogen (secondary N) is 1. The van der Waals surface area contributed by atoms with Crippen LogP contribution in [0.5, 0.6) is 0 Å². The molecule has 29 heavy (non-hydrogen) atoms. The molecule has 9 heteroatoms. The minimum absolute atomic E-state index is 0.0218. The monoisotopic (exact) mass is 414 g/mol. The fourth-order valence-electron chi connectivity index (χ4n) is 3.51. The van der Waals surface area contributed by atoms with E-state index in [0.29, 0.717) is 12.6 Å². The summed E-state index contributed by atoms with van der Waals surface area (Å²) in [5, 5.41) is 14.2. The van der Waals surface area contributed by atoms with Crippen molar-refractivity contribution in [1.82, 2.24) is 10.3 Å². The number of oxazole rings is 1. The van der Waals surface area contributed by atoms with Gasteiger partial charge in [0.25, 0.3) is 17.6 Å². The molecule has 1 amide bonds. The van der Waals surface area contributed by atoms with Gasteiger partial charge in [-0.25, -0.2) is 0 Å². The first-order valence-electron chi connectivity index (χ1n) is 9.34. The van der Waals surface area contributed by atoms with E-state index in [9.17, 15) is 14.9 Å². The molecule has 0 spiro atoms. The number of nitrogens with zero attached hydrogens (tertiary/aromatic N) is 3. The number of fused-ring (bicyclic) bond motifs is 1. The molecule has 1 aliphatic rings. The van der Waals surface area contributed by atoms with Gasteiger partial charge in [0, 0.05) is 30.7 Å². The summed E-state index contributed by atoms with van der Waals surface area (Å²) in [6.45, 7) is 1.99. The third-order valence-corrected chi connectivity index (χ3v) is 5.35. The molecule has 1 aromatic heterocycles. The van der Waals surface area contributed by atoms with Crippen molar-refractivity contribution >= 4 is 40.3 Å². The summed E-state index contributed by atoms with van der Waals surface area (Å²) in [7, 11) is 0. The molecule has 0 radical (unpaired) electrons. The van der Waals surface area contributed by atoms with Crippen LogP contribution >= 0.6 is 11.6 Å². The van der Waals surface area contributed by atoms with E-state index in [0.717, 1.165) is 37.0 Å². The Hall–Kier alpha value is -3.13. The highest BCUT2D eigenvalue weighted by Crippen LogP contribution is 2.26. The van der Waals surface area contributed by atoms with Gasteiger partial charge in [-0.1, -0.05) is 23.7 Å². The quantitative estimate of drug-likeness (QED) is 0.499. The zero-order valence-corrected chi connectivity index (χ0v) is 16.3. The Kier molecular flexibility index (Phi) is 5.35. The maximum absolute atomic E-state index is 12.4. The van der Waals surface area contributed by atoms with Crippen LogP contribution in [0.3, 0.4) is 0 Å². The van der Waals surface area contributed by atoms with Crippen molar-refractivity contribution in [2.45, 2.75) is 12.8 Å². The van der Waals surface area contributed by atoms with Gasteiger partial charge in [-0.05, 0) is 43.0 Å². The van der Waals surface area contributed by atoms with Gasteiger partial charge in [0.15, 0.2) is 5.58 Å². The fourth-order valence-corrected chi connectivity index (χ4v) is 3.68. The van der Waals surface area contributed by atoms with Crippen molar-refractivity contribution in [1.29, 1.82) is 0 Å². The first-order chi connectivity index (χ1) is 14.0. The highest BCUT2D eigenvalue weighted by molar-refractivity contribution is 6.31. The number of benzene rings is 2. The minimum Gasteiger partial charge on any atom is -0.423 e. The standard InChI is InChI=1S/C20H19ClN4O4/c21-14-5-6-17(25(27)28)15(11-14)19(26)22-12-13-7-9-24(10-8-13)20-23-16-3-1-2-4-18(16)29-20/h1-6,11,13H,7-10,12H2,(H,22,26). The minimum atomic E-state index is -0.579. The lowest BCUT2D eigenvalue weighted by Gasteiger charge is -2.30. The zero-order valence-electron chi connectivity index (χ0n) is 15.5. The van der Waals surface area contributed by atoms with Crippen LogP contribution in [0.4, 0.5) is 11.7 Å². The summed E-state index contributed by atoms with van der Waals surface area (Å²) < 4.78 is 5.81. The van der Waals surface area contributed by atoms with Gasteiger partial charge in [-0.3, -0.25) is 14.9 Å². The zero-order chi connectivity index (χ0) is 20.4. The van der Waals surface area contributed by atoms with E-state index >= 15 is 0 Å². The van der Waals surface area contributed by atoms with Gasteiger partial charge in [-0.2, -0.15) is 4.98 Å². The van der Waals surface area contributed by atoms with Crippen molar-refractivity contribution in [2.24, 2.45) is 5.92 Å². The Morgan fingerprint density at radius 3 is 2.76 bits per heavy atom. The van der Waals surface area contributed by atoms with Crippen LogP contribution in [0.25, 0.3) is 11.1 Å². The van der Waals surface area contributed by atoms with E-state index < -0.39 is 10.8 Å². The van der Waals surface area contributed by atoms with E-state index in [2.05, 4.69) is 15.2 Å². The fraction of sp³-hybridized carbons (Fsp3) is 0.300. The summed E-state index contributed by atoms with van der Waals surface area (Å²) in [5.41, 5.74) is 1.32. The molecule has 8 nitrogen and oxygen atoms in total. The van der Waals surface area contributed by atoms with Crippen LogP contribution < -0.4 is 10.2 Å². The summed E-state index contributed by atoms with van der Waals surface area (Å²) in [6, 6.07) is 12.2. The van der Waals surface area contributed by atoms with E-state index in [-0.39, 0.29) is 22.2 Å². The lowest BCUT2D eigenvalue weighted by molar-refractivity contribution is -0.385. The normalized spacial score (nSPS) is 14.9. The van der Waals surface area contributed by atoms with Crippen LogP contribution in [0.1, 0.15) is 23.2 Å². The maximum atomic E-state index is 12.4. The van der Waals surface area contributed by atoms with E-state index in [1.165, 1.54) is 18.2 Å². The summed E-state index contributed by atoms with van der Waals surface area (Å²) >= 11 is 5.90. The van der Waals surface area contributed by atoms with E-state index in [4.69, 9.17) is 16.0 Å². The molecule has 0 saturated carbocycles. The molecule has 1 N–H and O–H groups in total. The number of para-hydroxylation sites is 2. The number of carbonyl (C=O) groups is 1. The number of rotatable bonds is 5. The molecule has 0 bridgehead atoms. The SMILES string of the molecule is O=C(NCC1CCN(c2nc3ccccc3o2)CC1)c1cc(Cl)ccc1[N+](=O)[O-]. The number of anilines is 1. The highest BCUT2D eigenvalue weighted by atomic mass is 35.5. The first kappa shape index (κ1) is 19.2. The number of amides is 1. The summed E-state index contributed by atoms with van der Waals surface area (Å²) in [5.74, 6) is -0.210. The van der Waals surface area contributed by atoms with Crippen molar-refractivity contribution in [3.05, 3.63) is 63.2 Å². The largest absolute Gasteiger partial charge is 0.423 e. The van der Waals surface area contributed by atoms with Gasteiger partial charge < -0.3 is 14.6 Å². The highest BCUT2D eigenvalue weighted by Gasteiger charge is 2.25. The van der Waals surface area contributed by atoms with Crippen LogP contribution in [0.2, 0.25) is 5.02 Å². The predicted molar refractivity (Wildman–Crippen MR) is 109 cm³/mol. The second-order valence-corrected chi connectivity index (χ2v) is 7.46. The molecule has 1 aliphatic heterocycles.